The minimum absolute atomic E-state index is 0.157. The first-order valence-electron chi connectivity index (χ1n) is 6.38. The van der Waals surface area contributed by atoms with Gasteiger partial charge in [0, 0.05) is 12.1 Å². The molecule has 1 atom stereocenters. The molecule has 0 aliphatic heterocycles. The fraction of sp³-hybridized carbons (Fsp3) is 0.571. The highest BCUT2D eigenvalue weighted by molar-refractivity contribution is 5.48. The molecule has 0 bridgehead atoms. The first-order chi connectivity index (χ1) is 8.73. The first kappa shape index (κ1) is 14.8. The topological polar surface area (TPSA) is 47.7 Å². The van der Waals surface area contributed by atoms with Crippen LogP contribution in [-0.4, -0.2) is 38.8 Å². The number of benzene rings is 1. The first-order valence-corrected chi connectivity index (χ1v) is 6.38. The van der Waals surface area contributed by atoms with Crippen LogP contribution in [-0.2, 0) is 0 Å². The number of hydrogen-bond acceptors (Lipinski definition) is 4. The summed E-state index contributed by atoms with van der Waals surface area (Å²) in [6.07, 6.45) is 0. The van der Waals surface area contributed by atoms with Gasteiger partial charge in [-0.3, -0.25) is 4.90 Å². The number of nitrogens with two attached hydrogens (primary N) is 1. The van der Waals surface area contributed by atoms with Crippen LogP contribution in [0.25, 0.3) is 0 Å². The van der Waals surface area contributed by atoms with Crippen LogP contribution < -0.4 is 15.2 Å². The second kappa shape index (κ2) is 7.24. The Balaban J connectivity index is 3.19. The Morgan fingerprint density at radius 1 is 1.17 bits per heavy atom. The van der Waals surface area contributed by atoms with Crippen molar-refractivity contribution in [1.82, 2.24) is 4.90 Å². The van der Waals surface area contributed by atoms with Crippen LogP contribution in [0.5, 0.6) is 11.5 Å². The number of likely N-dealkylation sites (N-methyl/N-ethyl adjacent to an activating group) is 1. The highest BCUT2D eigenvalue weighted by Crippen LogP contribution is 2.36. The third-order valence-corrected chi connectivity index (χ3v) is 3.27. The number of hydrogen-bond donors (Lipinski definition) is 1. The Labute approximate surface area is 110 Å². The molecular formula is C14H24N2O2. The zero-order chi connectivity index (χ0) is 13.5. The third kappa shape index (κ3) is 2.94. The summed E-state index contributed by atoms with van der Waals surface area (Å²) in [4.78, 5) is 2.32. The van der Waals surface area contributed by atoms with Crippen molar-refractivity contribution in [2.45, 2.75) is 19.9 Å². The van der Waals surface area contributed by atoms with E-state index in [2.05, 4.69) is 24.8 Å². The molecule has 0 aliphatic rings. The molecule has 0 aliphatic carbocycles. The molecule has 0 spiro atoms. The summed E-state index contributed by atoms with van der Waals surface area (Å²) in [5, 5.41) is 0. The minimum Gasteiger partial charge on any atom is -0.493 e. The smallest absolute Gasteiger partial charge is 0.165 e. The summed E-state index contributed by atoms with van der Waals surface area (Å²) < 4.78 is 10.8. The van der Waals surface area contributed by atoms with Gasteiger partial charge in [0.25, 0.3) is 0 Å². The molecule has 0 fully saturated rings. The Bertz CT molecular complexity index is 365. The maximum atomic E-state index is 5.93. The van der Waals surface area contributed by atoms with Gasteiger partial charge in [0.05, 0.1) is 20.3 Å². The minimum atomic E-state index is 0.157. The van der Waals surface area contributed by atoms with Crippen LogP contribution in [0.4, 0.5) is 0 Å². The average Bonchev–Trinajstić information content (AvgIpc) is 2.43. The summed E-state index contributed by atoms with van der Waals surface area (Å²) >= 11 is 0. The van der Waals surface area contributed by atoms with Crippen LogP contribution in [0.3, 0.4) is 0 Å². The summed E-state index contributed by atoms with van der Waals surface area (Å²) in [6, 6.07) is 6.09. The van der Waals surface area contributed by atoms with E-state index >= 15 is 0 Å². The Morgan fingerprint density at radius 2 is 1.83 bits per heavy atom. The molecular weight excluding hydrogens is 228 g/mol. The second-order valence-electron chi connectivity index (χ2n) is 4.06. The van der Waals surface area contributed by atoms with E-state index < -0.39 is 0 Å². The number of ether oxygens (including phenoxy) is 2. The molecule has 1 rings (SSSR count). The van der Waals surface area contributed by atoms with Gasteiger partial charge < -0.3 is 15.2 Å². The summed E-state index contributed by atoms with van der Waals surface area (Å²) in [5.74, 6) is 1.53. The lowest BCUT2D eigenvalue weighted by atomic mass is 10.0. The second-order valence-corrected chi connectivity index (χ2v) is 4.06. The monoisotopic (exact) mass is 252 g/mol. The molecule has 4 nitrogen and oxygen atoms in total. The molecule has 0 aromatic heterocycles. The number of para-hydroxylation sites is 1. The van der Waals surface area contributed by atoms with Gasteiger partial charge >= 0.3 is 0 Å². The third-order valence-electron chi connectivity index (χ3n) is 3.27. The molecule has 0 amide bonds. The molecule has 0 saturated carbocycles. The average molecular weight is 252 g/mol. The highest BCUT2D eigenvalue weighted by Gasteiger charge is 2.22. The molecule has 102 valence electrons. The van der Waals surface area contributed by atoms with Gasteiger partial charge in [0.1, 0.15) is 0 Å². The molecule has 4 heteroatoms. The fourth-order valence-corrected chi connectivity index (χ4v) is 2.31. The summed E-state index contributed by atoms with van der Waals surface area (Å²) in [6.45, 7) is 6.75. The van der Waals surface area contributed by atoms with E-state index in [1.807, 2.05) is 12.1 Å². The summed E-state index contributed by atoms with van der Waals surface area (Å²) in [7, 11) is 3.31. The van der Waals surface area contributed by atoms with E-state index in [9.17, 15) is 0 Å². The Hall–Kier alpha value is -1.26. The van der Waals surface area contributed by atoms with E-state index in [1.165, 1.54) is 0 Å². The molecule has 0 saturated heterocycles. The van der Waals surface area contributed by atoms with Crippen LogP contribution in [0.15, 0.2) is 18.2 Å². The number of methoxy groups -OCH3 is 2. The highest BCUT2D eigenvalue weighted by atomic mass is 16.5. The molecule has 18 heavy (non-hydrogen) atoms. The lowest BCUT2D eigenvalue weighted by molar-refractivity contribution is 0.218. The number of rotatable bonds is 7. The van der Waals surface area contributed by atoms with E-state index in [0.717, 1.165) is 30.2 Å². The SMILES string of the molecule is CCN(CC)[C@H](CN)c1cccc(OC)c1OC. The van der Waals surface area contributed by atoms with E-state index in [4.69, 9.17) is 15.2 Å². The van der Waals surface area contributed by atoms with E-state index in [0.29, 0.717) is 6.54 Å². The van der Waals surface area contributed by atoms with Gasteiger partial charge in [-0.05, 0) is 19.2 Å². The fourth-order valence-electron chi connectivity index (χ4n) is 2.31. The molecule has 0 heterocycles. The molecule has 1 aromatic rings. The van der Waals surface area contributed by atoms with Crippen molar-refractivity contribution in [3.8, 4) is 11.5 Å². The molecule has 2 N–H and O–H groups in total. The standard InChI is InChI=1S/C14H24N2O2/c1-5-16(6-2)12(10-15)11-8-7-9-13(17-3)14(11)18-4/h7-9,12H,5-6,10,15H2,1-4H3/t12-/m1/s1. The van der Waals surface area contributed by atoms with Crippen molar-refractivity contribution in [2.75, 3.05) is 33.9 Å². The summed E-state index contributed by atoms with van der Waals surface area (Å²) in [5.41, 5.74) is 7.02. The van der Waals surface area contributed by atoms with Crippen LogP contribution in [0, 0.1) is 0 Å². The zero-order valence-electron chi connectivity index (χ0n) is 11.8. The quantitative estimate of drug-likeness (QED) is 0.807. The van der Waals surface area contributed by atoms with Crippen LogP contribution >= 0.6 is 0 Å². The molecule has 0 unspecified atom stereocenters. The van der Waals surface area contributed by atoms with Crippen LogP contribution in [0.2, 0.25) is 0 Å². The predicted molar refractivity (Wildman–Crippen MR) is 74.3 cm³/mol. The number of nitrogens with zero attached hydrogens (tertiary/aromatic N) is 1. The van der Waals surface area contributed by atoms with Gasteiger partial charge in [0.2, 0.25) is 0 Å². The normalized spacial score (nSPS) is 12.6. The van der Waals surface area contributed by atoms with Gasteiger partial charge in [0.15, 0.2) is 11.5 Å². The van der Waals surface area contributed by atoms with Gasteiger partial charge in [-0.15, -0.1) is 0 Å². The van der Waals surface area contributed by atoms with Crippen molar-refractivity contribution in [3.05, 3.63) is 23.8 Å². The van der Waals surface area contributed by atoms with Crippen molar-refractivity contribution < 1.29 is 9.47 Å². The lowest BCUT2D eigenvalue weighted by Gasteiger charge is -2.30. The lowest BCUT2D eigenvalue weighted by Crippen LogP contribution is -2.33. The molecule has 1 aromatic carbocycles. The van der Waals surface area contributed by atoms with Crippen molar-refractivity contribution in [3.63, 3.8) is 0 Å². The Morgan fingerprint density at radius 3 is 2.28 bits per heavy atom. The maximum Gasteiger partial charge on any atom is 0.165 e. The van der Waals surface area contributed by atoms with Crippen molar-refractivity contribution in [2.24, 2.45) is 5.73 Å². The van der Waals surface area contributed by atoms with Crippen molar-refractivity contribution in [1.29, 1.82) is 0 Å². The van der Waals surface area contributed by atoms with Gasteiger partial charge in [-0.1, -0.05) is 26.0 Å². The van der Waals surface area contributed by atoms with Crippen molar-refractivity contribution >= 4 is 0 Å². The largest absolute Gasteiger partial charge is 0.493 e. The maximum absolute atomic E-state index is 5.93. The van der Waals surface area contributed by atoms with E-state index in [1.54, 1.807) is 14.2 Å². The van der Waals surface area contributed by atoms with E-state index in [-0.39, 0.29) is 6.04 Å². The predicted octanol–water partition coefficient (Wildman–Crippen LogP) is 2.05. The zero-order valence-corrected chi connectivity index (χ0v) is 11.8. The van der Waals surface area contributed by atoms with Crippen LogP contribution in [0.1, 0.15) is 25.5 Å². The Kier molecular flexibility index (Phi) is 5.95. The van der Waals surface area contributed by atoms with Gasteiger partial charge in [-0.2, -0.15) is 0 Å². The van der Waals surface area contributed by atoms with Gasteiger partial charge in [-0.25, -0.2) is 0 Å². The molecule has 0 radical (unpaired) electrons.